The number of Topliss-reactive ketones (excluding diaryl/α,β-unsaturated/α-hetero) is 1. The molecule has 2 heterocycles. The van der Waals surface area contributed by atoms with Crippen molar-refractivity contribution in [3.05, 3.63) is 52.6 Å². The Morgan fingerprint density at radius 2 is 1.93 bits per heavy atom. The largest absolute Gasteiger partial charge is 0.464 e. The molecule has 0 radical (unpaired) electrons. The number of hydrogen-bond donors (Lipinski definition) is 1. The quantitative estimate of drug-likeness (QED) is 0.572. The van der Waals surface area contributed by atoms with E-state index in [1.165, 1.54) is 7.11 Å². The third-order valence-electron chi connectivity index (χ3n) is 5.54. The van der Waals surface area contributed by atoms with Gasteiger partial charge in [-0.25, -0.2) is 4.79 Å². The summed E-state index contributed by atoms with van der Waals surface area (Å²) >= 11 is 0. The molecule has 1 aliphatic carbocycles. The van der Waals surface area contributed by atoms with Crippen molar-refractivity contribution in [3.63, 3.8) is 0 Å². The molecule has 0 aliphatic heterocycles. The van der Waals surface area contributed by atoms with Gasteiger partial charge in [0.15, 0.2) is 5.78 Å². The predicted molar refractivity (Wildman–Crippen MR) is 108 cm³/mol. The van der Waals surface area contributed by atoms with E-state index in [-0.39, 0.29) is 36.4 Å². The number of ketones is 1. The lowest BCUT2D eigenvalue weighted by molar-refractivity contribution is -0.135. The number of amides is 1. The highest BCUT2D eigenvalue weighted by molar-refractivity contribution is 6.04. The minimum Gasteiger partial charge on any atom is -0.464 e. The molecule has 1 fully saturated rings. The molecular formula is C22H27N3O4. The molecule has 1 aliphatic rings. The third-order valence-corrected chi connectivity index (χ3v) is 5.54. The summed E-state index contributed by atoms with van der Waals surface area (Å²) in [4.78, 5) is 47.0. The standard InChI is InChI=1S/C22H27N3O4/c1-14-19(15(2)24-20(14)22(28)29-3)18(26)13-25(12-17-10-6-7-11-23-17)21(27)16-8-4-5-9-16/h6-7,10-11,16,24H,4-5,8-9,12-13H2,1-3H3. The van der Waals surface area contributed by atoms with Gasteiger partial charge in [-0.3, -0.25) is 14.6 Å². The van der Waals surface area contributed by atoms with Crippen LogP contribution in [0.4, 0.5) is 0 Å². The molecular weight excluding hydrogens is 370 g/mol. The van der Waals surface area contributed by atoms with Crippen molar-refractivity contribution < 1.29 is 19.1 Å². The number of nitrogens with zero attached hydrogens (tertiary/aromatic N) is 2. The van der Waals surface area contributed by atoms with Gasteiger partial charge in [-0.2, -0.15) is 0 Å². The highest BCUT2D eigenvalue weighted by atomic mass is 16.5. The molecule has 1 saturated carbocycles. The highest BCUT2D eigenvalue weighted by Crippen LogP contribution is 2.27. The third kappa shape index (κ3) is 4.55. The van der Waals surface area contributed by atoms with Crippen LogP contribution >= 0.6 is 0 Å². The van der Waals surface area contributed by atoms with Crippen LogP contribution in [0.5, 0.6) is 0 Å². The Bertz CT molecular complexity index is 898. The number of pyridine rings is 1. The van der Waals surface area contributed by atoms with E-state index < -0.39 is 5.97 Å². The van der Waals surface area contributed by atoms with Crippen LogP contribution in [0.2, 0.25) is 0 Å². The van der Waals surface area contributed by atoms with E-state index in [0.29, 0.717) is 16.8 Å². The second-order valence-electron chi connectivity index (χ2n) is 7.54. The highest BCUT2D eigenvalue weighted by Gasteiger charge is 2.30. The molecule has 29 heavy (non-hydrogen) atoms. The van der Waals surface area contributed by atoms with E-state index in [4.69, 9.17) is 4.74 Å². The molecule has 1 amide bonds. The Kier molecular flexibility index (Phi) is 6.46. The molecule has 1 N–H and O–H groups in total. The summed E-state index contributed by atoms with van der Waals surface area (Å²) in [6, 6.07) is 5.53. The number of aryl methyl sites for hydroxylation is 1. The van der Waals surface area contributed by atoms with Crippen molar-refractivity contribution in [2.45, 2.75) is 46.1 Å². The van der Waals surface area contributed by atoms with E-state index in [1.54, 1.807) is 24.9 Å². The smallest absolute Gasteiger partial charge is 0.354 e. The Morgan fingerprint density at radius 3 is 2.55 bits per heavy atom. The van der Waals surface area contributed by atoms with Crippen molar-refractivity contribution >= 4 is 17.7 Å². The van der Waals surface area contributed by atoms with Crippen LogP contribution in [0.25, 0.3) is 0 Å². The topological polar surface area (TPSA) is 92.4 Å². The first kappa shape index (κ1) is 20.8. The molecule has 0 aromatic carbocycles. The average Bonchev–Trinajstić information content (AvgIpc) is 3.35. The summed E-state index contributed by atoms with van der Waals surface area (Å²) in [5.41, 5.74) is 2.59. The van der Waals surface area contributed by atoms with Crippen LogP contribution in [-0.4, -0.2) is 46.2 Å². The zero-order chi connectivity index (χ0) is 21.0. The number of hydrogen-bond acceptors (Lipinski definition) is 5. The first-order valence-corrected chi connectivity index (χ1v) is 9.91. The minimum absolute atomic E-state index is 0.000497. The number of rotatable bonds is 7. The van der Waals surface area contributed by atoms with Gasteiger partial charge in [-0.05, 0) is 44.4 Å². The zero-order valence-electron chi connectivity index (χ0n) is 17.2. The van der Waals surface area contributed by atoms with Gasteiger partial charge in [0.2, 0.25) is 5.91 Å². The van der Waals surface area contributed by atoms with Crippen LogP contribution in [0.3, 0.4) is 0 Å². The fourth-order valence-electron chi connectivity index (χ4n) is 4.06. The summed E-state index contributed by atoms with van der Waals surface area (Å²) in [6.45, 7) is 3.69. The molecule has 154 valence electrons. The summed E-state index contributed by atoms with van der Waals surface area (Å²) in [5, 5.41) is 0. The number of nitrogens with one attached hydrogen (secondary N) is 1. The van der Waals surface area contributed by atoms with Crippen molar-refractivity contribution in [1.82, 2.24) is 14.9 Å². The molecule has 0 bridgehead atoms. The van der Waals surface area contributed by atoms with Crippen molar-refractivity contribution in [2.75, 3.05) is 13.7 Å². The second-order valence-corrected chi connectivity index (χ2v) is 7.54. The van der Waals surface area contributed by atoms with Crippen molar-refractivity contribution in [2.24, 2.45) is 5.92 Å². The van der Waals surface area contributed by atoms with E-state index in [0.717, 1.165) is 31.4 Å². The fraction of sp³-hybridized carbons (Fsp3) is 0.455. The van der Waals surface area contributed by atoms with Gasteiger partial charge in [-0.1, -0.05) is 18.9 Å². The molecule has 2 aromatic heterocycles. The molecule has 0 atom stereocenters. The number of carbonyl (C=O) groups is 3. The van der Waals surface area contributed by atoms with Crippen LogP contribution < -0.4 is 0 Å². The molecule has 7 nitrogen and oxygen atoms in total. The van der Waals surface area contributed by atoms with Gasteiger partial charge in [0.25, 0.3) is 0 Å². The van der Waals surface area contributed by atoms with E-state index >= 15 is 0 Å². The maximum Gasteiger partial charge on any atom is 0.354 e. The first-order chi connectivity index (χ1) is 13.9. The lowest BCUT2D eigenvalue weighted by Gasteiger charge is -2.25. The van der Waals surface area contributed by atoms with Gasteiger partial charge >= 0.3 is 5.97 Å². The molecule has 3 rings (SSSR count). The Morgan fingerprint density at radius 1 is 1.21 bits per heavy atom. The van der Waals surface area contributed by atoms with E-state index in [2.05, 4.69) is 9.97 Å². The Balaban J connectivity index is 1.85. The minimum atomic E-state index is -0.517. The number of H-pyrrole nitrogens is 1. The van der Waals surface area contributed by atoms with Gasteiger partial charge < -0.3 is 14.6 Å². The summed E-state index contributed by atoms with van der Waals surface area (Å²) < 4.78 is 4.78. The molecule has 0 saturated heterocycles. The van der Waals surface area contributed by atoms with E-state index in [1.807, 2.05) is 18.2 Å². The number of carbonyl (C=O) groups excluding carboxylic acids is 3. The number of ether oxygens (including phenoxy) is 1. The summed E-state index contributed by atoms with van der Waals surface area (Å²) in [7, 11) is 1.30. The molecule has 0 unspecified atom stereocenters. The lowest BCUT2D eigenvalue weighted by Crippen LogP contribution is -2.39. The molecule has 7 heteroatoms. The zero-order valence-corrected chi connectivity index (χ0v) is 17.2. The maximum atomic E-state index is 13.1. The number of aromatic amines is 1. The second kappa shape index (κ2) is 9.03. The van der Waals surface area contributed by atoms with Gasteiger partial charge in [-0.15, -0.1) is 0 Å². The lowest BCUT2D eigenvalue weighted by atomic mass is 10.0. The van der Waals surface area contributed by atoms with Gasteiger partial charge in [0, 0.05) is 23.4 Å². The Labute approximate surface area is 170 Å². The van der Waals surface area contributed by atoms with E-state index in [9.17, 15) is 14.4 Å². The SMILES string of the molecule is COC(=O)c1[nH]c(C)c(C(=O)CN(Cc2ccccn2)C(=O)C2CCCC2)c1C. The Hall–Kier alpha value is -2.96. The number of esters is 1. The van der Waals surface area contributed by atoms with Crippen LogP contribution in [0.1, 0.15) is 63.5 Å². The van der Waals surface area contributed by atoms with Crippen LogP contribution in [-0.2, 0) is 16.1 Å². The number of aromatic nitrogens is 2. The summed E-state index contributed by atoms with van der Waals surface area (Å²) in [6.07, 6.45) is 5.49. The van der Waals surface area contributed by atoms with Crippen LogP contribution in [0, 0.1) is 19.8 Å². The van der Waals surface area contributed by atoms with Crippen molar-refractivity contribution in [1.29, 1.82) is 0 Å². The first-order valence-electron chi connectivity index (χ1n) is 9.91. The van der Waals surface area contributed by atoms with Crippen molar-refractivity contribution in [3.8, 4) is 0 Å². The molecule has 2 aromatic rings. The van der Waals surface area contributed by atoms with Gasteiger partial charge in [0.1, 0.15) is 5.69 Å². The fourth-order valence-corrected chi connectivity index (χ4v) is 4.06. The van der Waals surface area contributed by atoms with Crippen LogP contribution in [0.15, 0.2) is 24.4 Å². The summed E-state index contributed by atoms with van der Waals surface area (Å²) in [5.74, 6) is -0.753. The normalized spacial score (nSPS) is 14.0. The number of methoxy groups -OCH3 is 1. The van der Waals surface area contributed by atoms with Gasteiger partial charge in [0.05, 0.1) is 25.9 Å². The maximum absolute atomic E-state index is 13.1. The monoisotopic (exact) mass is 397 g/mol. The average molecular weight is 397 g/mol. The predicted octanol–water partition coefficient (Wildman–Crippen LogP) is 3.21. The molecule has 0 spiro atoms.